The van der Waals surface area contributed by atoms with Crippen LogP contribution in [0.3, 0.4) is 0 Å². The molecule has 2 aromatic carbocycles. The van der Waals surface area contributed by atoms with Crippen LogP contribution in [0.15, 0.2) is 42.5 Å². The van der Waals surface area contributed by atoms with Gasteiger partial charge in [-0.1, -0.05) is 29.8 Å². The lowest BCUT2D eigenvalue weighted by molar-refractivity contribution is -0.137. The molecular formula is C20H17ClF3N3O. The molecule has 0 fully saturated rings. The third kappa shape index (κ3) is 3.20. The summed E-state index contributed by atoms with van der Waals surface area (Å²) < 4.78 is 47.3. The zero-order valence-electron chi connectivity index (χ0n) is 15.0. The second-order valence-electron chi connectivity index (χ2n) is 6.36. The molecule has 146 valence electrons. The van der Waals surface area contributed by atoms with Crippen LogP contribution in [0.5, 0.6) is 5.75 Å². The van der Waals surface area contributed by atoms with Crippen molar-refractivity contribution in [1.29, 1.82) is 0 Å². The predicted octanol–water partition coefficient (Wildman–Crippen LogP) is 5.58. The van der Waals surface area contributed by atoms with Crippen molar-refractivity contribution in [3.8, 4) is 22.7 Å². The number of alkyl halides is 3. The molecule has 28 heavy (non-hydrogen) atoms. The minimum atomic E-state index is -4.53. The van der Waals surface area contributed by atoms with Gasteiger partial charge in [-0.05, 0) is 37.6 Å². The minimum Gasteiger partial charge on any atom is -0.492 e. The third-order valence-electron chi connectivity index (χ3n) is 4.59. The molecular weight excluding hydrogens is 391 g/mol. The number of aromatic nitrogens is 2. The maximum atomic E-state index is 13.3. The van der Waals surface area contributed by atoms with E-state index in [0.717, 1.165) is 23.1 Å². The van der Waals surface area contributed by atoms with Gasteiger partial charge < -0.3 is 10.1 Å². The van der Waals surface area contributed by atoms with Crippen LogP contribution in [0.4, 0.5) is 19.0 Å². The Bertz CT molecular complexity index is 1030. The molecule has 0 spiro atoms. The third-order valence-corrected chi connectivity index (χ3v) is 4.92. The average Bonchev–Trinajstić information content (AvgIpc) is 3.25. The van der Waals surface area contributed by atoms with Crippen molar-refractivity contribution in [2.75, 3.05) is 18.5 Å². The average molecular weight is 408 g/mol. The summed E-state index contributed by atoms with van der Waals surface area (Å²) in [6.45, 7) is 3.07. The van der Waals surface area contributed by atoms with Crippen molar-refractivity contribution in [3.63, 3.8) is 0 Å². The minimum absolute atomic E-state index is 0.327. The fourth-order valence-electron chi connectivity index (χ4n) is 3.38. The highest BCUT2D eigenvalue weighted by Gasteiger charge is 2.34. The Morgan fingerprint density at radius 2 is 2.00 bits per heavy atom. The highest BCUT2D eigenvalue weighted by atomic mass is 35.5. The lowest BCUT2D eigenvalue weighted by atomic mass is 10.0. The van der Waals surface area contributed by atoms with Crippen LogP contribution < -0.4 is 10.1 Å². The SMILES string of the molecule is CCOc1ccccc1-n1nc(-c2ccc(Cl)c(C(F)(F)F)c2)c2c1NCC2. The van der Waals surface area contributed by atoms with Gasteiger partial charge in [0.05, 0.1) is 22.9 Å². The Morgan fingerprint density at radius 3 is 2.75 bits per heavy atom. The Labute approximate surface area is 164 Å². The van der Waals surface area contributed by atoms with Crippen LogP contribution in [0.25, 0.3) is 16.9 Å². The number of hydrogen-bond donors (Lipinski definition) is 1. The Hall–Kier alpha value is -2.67. The van der Waals surface area contributed by atoms with E-state index >= 15 is 0 Å². The molecule has 1 aromatic heterocycles. The summed E-state index contributed by atoms with van der Waals surface area (Å²) in [4.78, 5) is 0. The zero-order chi connectivity index (χ0) is 19.9. The summed E-state index contributed by atoms with van der Waals surface area (Å²) >= 11 is 5.77. The number of anilines is 1. The molecule has 4 nitrogen and oxygen atoms in total. The van der Waals surface area contributed by atoms with E-state index in [2.05, 4.69) is 10.4 Å². The monoisotopic (exact) mass is 407 g/mol. The number of para-hydroxylation sites is 2. The Morgan fingerprint density at radius 1 is 1.21 bits per heavy atom. The normalized spacial score (nSPS) is 13.3. The molecule has 0 aliphatic carbocycles. The fourth-order valence-corrected chi connectivity index (χ4v) is 3.61. The Kier molecular flexibility index (Phi) is 4.71. The lowest BCUT2D eigenvalue weighted by Gasteiger charge is -2.12. The number of fused-ring (bicyclic) bond motifs is 1. The smallest absolute Gasteiger partial charge is 0.417 e. The molecule has 3 aromatic rings. The summed E-state index contributed by atoms with van der Waals surface area (Å²) in [5, 5.41) is 7.58. The van der Waals surface area contributed by atoms with Gasteiger partial charge in [0.25, 0.3) is 0 Å². The highest BCUT2D eigenvalue weighted by molar-refractivity contribution is 6.31. The molecule has 0 saturated carbocycles. The first-order valence-corrected chi connectivity index (χ1v) is 9.23. The van der Waals surface area contributed by atoms with Crippen LogP contribution in [0.1, 0.15) is 18.1 Å². The molecule has 0 atom stereocenters. The van der Waals surface area contributed by atoms with Gasteiger partial charge in [0.2, 0.25) is 0 Å². The first-order valence-electron chi connectivity index (χ1n) is 8.85. The summed E-state index contributed by atoms with van der Waals surface area (Å²) in [5.74, 6) is 1.42. The molecule has 0 bridgehead atoms. The first kappa shape index (κ1) is 18.7. The standard InChI is InChI=1S/C20H17ClF3N3O/c1-2-28-17-6-4-3-5-16(17)27-19-13(9-10-25-19)18(26-27)12-7-8-15(21)14(11-12)20(22,23)24/h3-8,11,25H,2,9-10H2,1H3. The maximum Gasteiger partial charge on any atom is 0.417 e. The highest BCUT2D eigenvalue weighted by Crippen LogP contribution is 2.40. The number of nitrogens with one attached hydrogen (secondary N) is 1. The molecule has 0 amide bonds. The number of ether oxygens (including phenoxy) is 1. The van der Waals surface area contributed by atoms with E-state index in [9.17, 15) is 13.2 Å². The predicted molar refractivity (Wildman–Crippen MR) is 102 cm³/mol. The Balaban J connectivity index is 1.88. The van der Waals surface area contributed by atoms with E-state index in [0.29, 0.717) is 36.6 Å². The van der Waals surface area contributed by atoms with E-state index in [1.165, 1.54) is 6.07 Å². The van der Waals surface area contributed by atoms with Crippen LogP contribution in [0, 0.1) is 0 Å². The van der Waals surface area contributed by atoms with Gasteiger partial charge in [0, 0.05) is 17.7 Å². The summed E-state index contributed by atoms with van der Waals surface area (Å²) in [5.41, 5.74) is 1.63. The molecule has 4 rings (SSSR count). The van der Waals surface area contributed by atoms with Gasteiger partial charge in [-0.15, -0.1) is 0 Å². The molecule has 2 heterocycles. The van der Waals surface area contributed by atoms with Gasteiger partial charge in [0.1, 0.15) is 17.3 Å². The van der Waals surface area contributed by atoms with E-state index in [4.69, 9.17) is 16.3 Å². The van der Waals surface area contributed by atoms with Gasteiger partial charge >= 0.3 is 6.18 Å². The first-order chi connectivity index (χ1) is 13.4. The molecule has 0 radical (unpaired) electrons. The quantitative estimate of drug-likeness (QED) is 0.613. The van der Waals surface area contributed by atoms with Crippen molar-refractivity contribution in [2.24, 2.45) is 0 Å². The number of nitrogens with zero attached hydrogens (tertiary/aromatic N) is 2. The topological polar surface area (TPSA) is 39.1 Å². The van der Waals surface area contributed by atoms with Crippen LogP contribution in [-0.4, -0.2) is 22.9 Å². The summed E-state index contributed by atoms with van der Waals surface area (Å²) in [6, 6.07) is 11.3. The second-order valence-corrected chi connectivity index (χ2v) is 6.76. The van der Waals surface area contributed by atoms with Crippen molar-refractivity contribution in [2.45, 2.75) is 19.5 Å². The van der Waals surface area contributed by atoms with E-state index in [-0.39, 0.29) is 5.02 Å². The second kappa shape index (κ2) is 7.05. The molecule has 0 saturated heterocycles. The van der Waals surface area contributed by atoms with Crippen molar-refractivity contribution >= 4 is 17.4 Å². The van der Waals surface area contributed by atoms with Crippen molar-refractivity contribution in [3.05, 3.63) is 58.6 Å². The van der Waals surface area contributed by atoms with Gasteiger partial charge in [0.15, 0.2) is 0 Å². The van der Waals surface area contributed by atoms with Crippen LogP contribution in [-0.2, 0) is 12.6 Å². The van der Waals surface area contributed by atoms with E-state index < -0.39 is 11.7 Å². The summed E-state index contributed by atoms with van der Waals surface area (Å²) in [7, 11) is 0. The van der Waals surface area contributed by atoms with Crippen LogP contribution in [0.2, 0.25) is 5.02 Å². The van der Waals surface area contributed by atoms with Gasteiger partial charge in [-0.25, -0.2) is 4.68 Å². The largest absolute Gasteiger partial charge is 0.492 e. The molecule has 0 unspecified atom stereocenters. The number of hydrogen-bond acceptors (Lipinski definition) is 3. The maximum absolute atomic E-state index is 13.3. The number of halogens is 4. The van der Waals surface area contributed by atoms with E-state index in [1.54, 1.807) is 10.7 Å². The molecule has 8 heteroatoms. The van der Waals surface area contributed by atoms with Gasteiger partial charge in [-0.3, -0.25) is 0 Å². The number of benzene rings is 2. The van der Waals surface area contributed by atoms with Gasteiger partial charge in [-0.2, -0.15) is 18.3 Å². The zero-order valence-corrected chi connectivity index (χ0v) is 15.7. The lowest BCUT2D eigenvalue weighted by Crippen LogP contribution is -2.07. The molecule has 1 N–H and O–H groups in total. The molecule has 1 aliphatic rings. The van der Waals surface area contributed by atoms with Crippen LogP contribution >= 0.6 is 11.6 Å². The summed E-state index contributed by atoms with van der Waals surface area (Å²) in [6.07, 6.45) is -3.86. The fraction of sp³-hybridized carbons (Fsp3) is 0.250. The van der Waals surface area contributed by atoms with Crippen molar-refractivity contribution < 1.29 is 17.9 Å². The van der Waals surface area contributed by atoms with E-state index in [1.807, 2.05) is 31.2 Å². The van der Waals surface area contributed by atoms with Crippen molar-refractivity contribution in [1.82, 2.24) is 9.78 Å². The number of rotatable bonds is 4. The molecule has 1 aliphatic heterocycles.